The lowest BCUT2D eigenvalue weighted by Crippen LogP contribution is -2.32. The number of nitrogens with one attached hydrogen (secondary N) is 1. The number of carbonyl (C=O) groups excluding carboxylic acids is 1. The van der Waals surface area contributed by atoms with Crippen molar-refractivity contribution in [1.29, 1.82) is 0 Å². The van der Waals surface area contributed by atoms with Gasteiger partial charge in [0.05, 0.1) is 0 Å². The van der Waals surface area contributed by atoms with Crippen LogP contribution >= 0.6 is 0 Å². The standard InChI is InChI=1S/C13H14FN3O/c14-9-5-6-12-16-11(8-17(12)7-9)13(18)15-10-3-1-2-4-10/h5-8,10H,1-4H2,(H,15,18). The Bertz CT molecular complexity index is 587. The Morgan fingerprint density at radius 2 is 2.11 bits per heavy atom. The van der Waals surface area contributed by atoms with E-state index in [1.807, 2.05) is 0 Å². The maximum atomic E-state index is 13.0. The third kappa shape index (κ3) is 2.08. The van der Waals surface area contributed by atoms with Crippen LogP contribution in [0.4, 0.5) is 4.39 Å². The predicted octanol–water partition coefficient (Wildman–Crippen LogP) is 2.15. The lowest BCUT2D eigenvalue weighted by Gasteiger charge is -2.09. The molecule has 4 nitrogen and oxygen atoms in total. The Hall–Kier alpha value is -1.91. The summed E-state index contributed by atoms with van der Waals surface area (Å²) in [6, 6.07) is 3.15. The average Bonchev–Trinajstić information content (AvgIpc) is 2.96. The van der Waals surface area contributed by atoms with Crippen molar-refractivity contribution in [2.24, 2.45) is 0 Å². The number of pyridine rings is 1. The highest BCUT2D eigenvalue weighted by atomic mass is 19.1. The zero-order valence-electron chi connectivity index (χ0n) is 9.90. The fourth-order valence-corrected chi connectivity index (χ4v) is 2.40. The molecule has 0 spiro atoms. The van der Waals surface area contributed by atoms with Gasteiger partial charge in [0.2, 0.25) is 0 Å². The number of hydrogen-bond acceptors (Lipinski definition) is 2. The van der Waals surface area contributed by atoms with Crippen LogP contribution in [0.2, 0.25) is 0 Å². The molecule has 0 atom stereocenters. The summed E-state index contributed by atoms with van der Waals surface area (Å²) in [5.74, 6) is -0.520. The summed E-state index contributed by atoms with van der Waals surface area (Å²) in [5, 5.41) is 2.96. The van der Waals surface area contributed by atoms with Gasteiger partial charge < -0.3 is 9.72 Å². The van der Waals surface area contributed by atoms with Crippen LogP contribution in [0.15, 0.2) is 24.5 Å². The number of rotatable bonds is 2. The summed E-state index contributed by atoms with van der Waals surface area (Å²) in [7, 11) is 0. The number of amides is 1. The molecule has 0 aromatic carbocycles. The molecule has 0 unspecified atom stereocenters. The number of imidazole rings is 1. The Morgan fingerprint density at radius 3 is 2.89 bits per heavy atom. The second-order valence-electron chi connectivity index (χ2n) is 4.69. The maximum absolute atomic E-state index is 13.0. The minimum Gasteiger partial charge on any atom is -0.348 e. The average molecular weight is 247 g/mol. The molecule has 3 rings (SSSR count). The molecular weight excluding hydrogens is 233 g/mol. The topological polar surface area (TPSA) is 46.4 Å². The molecule has 0 aliphatic heterocycles. The van der Waals surface area contributed by atoms with E-state index in [-0.39, 0.29) is 17.8 Å². The van der Waals surface area contributed by atoms with Gasteiger partial charge >= 0.3 is 0 Å². The van der Waals surface area contributed by atoms with E-state index < -0.39 is 0 Å². The van der Waals surface area contributed by atoms with Gasteiger partial charge in [0.1, 0.15) is 17.2 Å². The molecule has 1 N–H and O–H groups in total. The highest BCUT2D eigenvalue weighted by Gasteiger charge is 2.19. The van der Waals surface area contributed by atoms with Gasteiger partial charge in [-0.25, -0.2) is 9.37 Å². The number of nitrogens with zero attached hydrogens (tertiary/aromatic N) is 2. The monoisotopic (exact) mass is 247 g/mol. The fraction of sp³-hybridized carbons (Fsp3) is 0.385. The van der Waals surface area contributed by atoms with Crippen molar-refractivity contribution in [3.63, 3.8) is 0 Å². The SMILES string of the molecule is O=C(NC1CCCC1)c1cn2cc(F)ccc2n1. The van der Waals surface area contributed by atoms with Crippen molar-refractivity contribution < 1.29 is 9.18 Å². The number of aromatic nitrogens is 2. The van der Waals surface area contributed by atoms with E-state index >= 15 is 0 Å². The number of halogens is 1. The fourth-order valence-electron chi connectivity index (χ4n) is 2.40. The molecule has 2 aromatic rings. The molecule has 1 aliphatic rings. The third-order valence-corrected chi connectivity index (χ3v) is 3.34. The molecule has 0 saturated heterocycles. The van der Waals surface area contributed by atoms with Crippen LogP contribution in [0.5, 0.6) is 0 Å². The molecule has 1 saturated carbocycles. The minimum absolute atomic E-state index is 0.175. The van der Waals surface area contributed by atoms with Crippen LogP contribution in [0.1, 0.15) is 36.2 Å². The lowest BCUT2D eigenvalue weighted by molar-refractivity contribution is 0.0933. The summed E-state index contributed by atoms with van der Waals surface area (Å²) in [5.41, 5.74) is 0.917. The summed E-state index contributed by atoms with van der Waals surface area (Å²) in [6.45, 7) is 0. The second kappa shape index (κ2) is 4.40. The molecule has 2 aromatic heterocycles. The van der Waals surface area contributed by atoms with Gasteiger partial charge in [0.15, 0.2) is 0 Å². The van der Waals surface area contributed by atoms with E-state index in [9.17, 15) is 9.18 Å². The number of fused-ring (bicyclic) bond motifs is 1. The molecule has 18 heavy (non-hydrogen) atoms. The van der Waals surface area contributed by atoms with Crippen LogP contribution in [-0.2, 0) is 0 Å². The normalized spacial score (nSPS) is 16.3. The zero-order valence-corrected chi connectivity index (χ0v) is 9.90. The molecule has 1 aliphatic carbocycles. The highest BCUT2D eigenvalue weighted by molar-refractivity contribution is 5.93. The molecule has 1 amide bonds. The molecular formula is C13H14FN3O. The van der Waals surface area contributed by atoms with E-state index in [1.54, 1.807) is 12.3 Å². The summed E-state index contributed by atoms with van der Waals surface area (Å²) in [6.07, 6.45) is 7.28. The van der Waals surface area contributed by atoms with Crippen LogP contribution < -0.4 is 5.32 Å². The van der Waals surface area contributed by atoms with Gasteiger partial charge in [-0.15, -0.1) is 0 Å². The Labute approximate surface area is 104 Å². The molecule has 94 valence electrons. The molecule has 0 radical (unpaired) electrons. The molecule has 5 heteroatoms. The van der Waals surface area contributed by atoms with Crippen molar-refractivity contribution in [3.8, 4) is 0 Å². The predicted molar refractivity (Wildman–Crippen MR) is 64.9 cm³/mol. The van der Waals surface area contributed by atoms with E-state index in [0.717, 1.165) is 12.8 Å². The summed E-state index contributed by atoms with van der Waals surface area (Å²) in [4.78, 5) is 16.2. The number of hydrogen-bond donors (Lipinski definition) is 1. The lowest BCUT2D eigenvalue weighted by atomic mass is 10.2. The minimum atomic E-state index is -0.345. The van der Waals surface area contributed by atoms with Gasteiger partial charge in [-0.1, -0.05) is 12.8 Å². The van der Waals surface area contributed by atoms with E-state index in [0.29, 0.717) is 11.3 Å². The Kier molecular flexibility index (Phi) is 2.74. The van der Waals surface area contributed by atoms with Crippen molar-refractivity contribution in [1.82, 2.24) is 14.7 Å². The van der Waals surface area contributed by atoms with Crippen molar-refractivity contribution in [3.05, 3.63) is 36.0 Å². The number of carbonyl (C=O) groups is 1. The van der Waals surface area contributed by atoms with E-state index in [1.165, 1.54) is 29.5 Å². The molecule has 1 fully saturated rings. The Morgan fingerprint density at radius 1 is 1.33 bits per heavy atom. The molecule has 2 heterocycles. The van der Waals surface area contributed by atoms with Crippen LogP contribution in [0.3, 0.4) is 0 Å². The highest BCUT2D eigenvalue weighted by Crippen LogP contribution is 2.18. The first-order chi connectivity index (χ1) is 8.72. The zero-order chi connectivity index (χ0) is 12.5. The van der Waals surface area contributed by atoms with Crippen molar-refractivity contribution in [2.45, 2.75) is 31.7 Å². The molecule has 0 bridgehead atoms. The third-order valence-electron chi connectivity index (χ3n) is 3.34. The van der Waals surface area contributed by atoms with Gasteiger partial charge in [-0.3, -0.25) is 4.79 Å². The van der Waals surface area contributed by atoms with Gasteiger partial charge in [-0.05, 0) is 25.0 Å². The smallest absolute Gasteiger partial charge is 0.271 e. The largest absolute Gasteiger partial charge is 0.348 e. The van der Waals surface area contributed by atoms with E-state index in [4.69, 9.17) is 0 Å². The van der Waals surface area contributed by atoms with Crippen LogP contribution in [0, 0.1) is 5.82 Å². The first kappa shape index (κ1) is 11.2. The second-order valence-corrected chi connectivity index (χ2v) is 4.69. The quantitative estimate of drug-likeness (QED) is 0.883. The first-order valence-corrected chi connectivity index (χ1v) is 6.17. The van der Waals surface area contributed by atoms with Crippen LogP contribution in [-0.4, -0.2) is 21.3 Å². The maximum Gasteiger partial charge on any atom is 0.271 e. The first-order valence-electron chi connectivity index (χ1n) is 6.17. The van der Waals surface area contributed by atoms with E-state index in [2.05, 4.69) is 10.3 Å². The van der Waals surface area contributed by atoms with Gasteiger partial charge in [-0.2, -0.15) is 0 Å². The van der Waals surface area contributed by atoms with Gasteiger partial charge in [0.25, 0.3) is 5.91 Å². The van der Waals surface area contributed by atoms with Gasteiger partial charge in [0, 0.05) is 18.4 Å². The van der Waals surface area contributed by atoms with Crippen molar-refractivity contribution in [2.75, 3.05) is 0 Å². The van der Waals surface area contributed by atoms with Crippen LogP contribution in [0.25, 0.3) is 5.65 Å². The Balaban J connectivity index is 1.82. The summed E-state index contributed by atoms with van der Waals surface area (Å²) < 4.78 is 14.6. The summed E-state index contributed by atoms with van der Waals surface area (Å²) >= 11 is 0. The van der Waals surface area contributed by atoms with Crippen molar-refractivity contribution >= 4 is 11.6 Å².